The van der Waals surface area contributed by atoms with Crippen molar-refractivity contribution in [3.63, 3.8) is 0 Å². The molecule has 1 heterocycles. The molecule has 1 unspecified atom stereocenters. The first kappa shape index (κ1) is 10.2. The van der Waals surface area contributed by atoms with Crippen LogP contribution in [0.3, 0.4) is 0 Å². The van der Waals surface area contributed by atoms with Gasteiger partial charge in [0.05, 0.1) is 6.20 Å². The van der Waals surface area contributed by atoms with Crippen LogP contribution < -0.4 is 10.5 Å². The average molecular weight is 204 g/mol. The molecular weight excluding hydrogens is 192 g/mol. The number of aromatic nitrogens is 2. The van der Waals surface area contributed by atoms with Crippen LogP contribution in [0.2, 0.25) is 0 Å². The van der Waals surface area contributed by atoms with Crippen molar-refractivity contribution in [3.8, 4) is 0 Å². The lowest BCUT2D eigenvalue weighted by atomic mass is 10.4. The zero-order valence-corrected chi connectivity index (χ0v) is 8.00. The molecule has 0 spiro atoms. The minimum atomic E-state index is -3.44. The number of hydrogen-bond acceptors (Lipinski definition) is 4. The van der Waals surface area contributed by atoms with Gasteiger partial charge in [-0.3, -0.25) is 5.10 Å². The number of rotatable bonds is 4. The summed E-state index contributed by atoms with van der Waals surface area (Å²) >= 11 is 0. The third-order valence-corrected chi connectivity index (χ3v) is 2.77. The molecule has 1 atom stereocenters. The Balaban J connectivity index is 2.68. The molecule has 0 aliphatic carbocycles. The van der Waals surface area contributed by atoms with Gasteiger partial charge in [-0.2, -0.15) is 5.10 Å². The van der Waals surface area contributed by atoms with Crippen molar-refractivity contribution >= 4 is 10.0 Å². The monoisotopic (exact) mass is 204 g/mol. The topological polar surface area (TPSA) is 101 Å². The molecule has 7 heteroatoms. The van der Waals surface area contributed by atoms with Gasteiger partial charge >= 0.3 is 0 Å². The number of nitrogens with one attached hydrogen (secondary N) is 2. The van der Waals surface area contributed by atoms with Crippen molar-refractivity contribution in [2.45, 2.75) is 17.9 Å². The van der Waals surface area contributed by atoms with Crippen LogP contribution in [0.5, 0.6) is 0 Å². The van der Waals surface area contributed by atoms with Crippen molar-refractivity contribution in [3.05, 3.63) is 12.4 Å². The highest BCUT2D eigenvalue weighted by molar-refractivity contribution is 7.89. The van der Waals surface area contributed by atoms with E-state index in [0.29, 0.717) is 0 Å². The summed E-state index contributed by atoms with van der Waals surface area (Å²) in [5.74, 6) is 0. The van der Waals surface area contributed by atoms with Crippen LogP contribution in [0.1, 0.15) is 6.92 Å². The molecule has 1 aromatic rings. The number of sulfonamides is 1. The molecule has 13 heavy (non-hydrogen) atoms. The Hall–Kier alpha value is -0.920. The summed E-state index contributed by atoms with van der Waals surface area (Å²) in [5, 5.41) is 5.96. The summed E-state index contributed by atoms with van der Waals surface area (Å²) in [4.78, 5) is 0.119. The highest BCUT2D eigenvalue weighted by Gasteiger charge is 2.14. The largest absolute Gasteiger partial charge is 0.327 e. The third-order valence-electron chi connectivity index (χ3n) is 1.38. The number of nitrogens with zero attached hydrogens (tertiary/aromatic N) is 1. The van der Waals surface area contributed by atoms with E-state index in [1.54, 1.807) is 6.92 Å². The first-order valence-electron chi connectivity index (χ1n) is 3.76. The fraction of sp³-hybridized carbons (Fsp3) is 0.500. The molecular formula is C6H12N4O2S. The van der Waals surface area contributed by atoms with Gasteiger partial charge in [0.25, 0.3) is 0 Å². The summed E-state index contributed by atoms with van der Waals surface area (Å²) < 4.78 is 25.1. The molecule has 0 bridgehead atoms. The van der Waals surface area contributed by atoms with E-state index in [4.69, 9.17) is 5.73 Å². The van der Waals surface area contributed by atoms with Gasteiger partial charge in [0.2, 0.25) is 10.0 Å². The van der Waals surface area contributed by atoms with Gasteiger partial charge in [0, 0.05) is 18.8 Å². The van der Waals surface area contributed by atoms with Crippen molar-refractivity contribution in [2.75, 3.05) is 6.54 Å². The first-order valence-corrected chi connectivity index (χ1v) is 5.25. The number of aromatic amines is 1. The Morgan fingerprint density at radius 1 is 1.77 bits per heavy atom. The Morgan fingerprint density at radius 3 is 2.92 bits per heavy atom. The van der Waals surface area contributed by atoms with Gasteiger partial charge in [-0.1, -0.05) is 0 Å². The number of hydrogen-bond donors (Lipinski definition) is 3. The Kier molecular flexibility index (Phi) is 3.02. The maximum Gasteiger partial charge on any atom is 0.243 e. The zero-order chi connectivity index (χ0) is 9.90. The van der Waals surface area contributed by atoms with Crippen LogP contribution in [-0.2, 0) is 10.0 Å². The van der Waals surface area contributed by atoms with Crippen molar-refractivity contribution < 1.29 is 8.42 Å². The molecule has 0 fully saturated rings. The lowest BCUT2D eigenvalue weighted by Gasteiger charge is -2.06. The smallest absolute Gasteiger partial charge is 0.243 e. The van der Waals surface area contributed by atoms with Crippen LogP contribution in [0, 0.1) is 0 Å². The molecule has 6 nitrogen and oxygen atoms in total. The van der Waals surface area contributed by atoms with Crippen LogP contribution in [0.15, 0.2) is 17.3 Å². The van der Waals surface area contributed by atoms with Crippen molar-refractivity contribution in [1.29, 1.82) is 0 Å². The van der Waals surface area contributed by atoms with Gasteiger partial charge in [0.1, 0.15) is 4.90 Å². The molecule has 0 aliphatic rings. The fourth-order valence-corrected chi connectivity index (χ4v) is 1.76. The number of nitrogens with two attached hydrogens (primary N) is 1. The molecule has 0 saturated heterocycles. The van der Waals surface area contributed by atoms with Gasteiger partial charge < -0.3 is 5.73 Å². The fourth-order valence-electron chi connectivity index (χ4n) is 0.710. The van der Waals surface area contributed by atoms with Crippen LogP contribution in [0.25, 0.3) is 0 Å². The lowest BCUT2D eigenvalue weighted by Crippen LogP contribution is -2.34. The van der Waals surface area contributed by atoms with Gasteiger partial charge in [0.15, 0.2) is 0 Å². The standard InChI is InChI=1S/C6H12N4O2S/c1-5(7)2-10-13(11,12)6-3-8-9-4-6/h3-5,10H,2,7H2,1H3,(H,8,9). The van der Waals surface area contributed by atoms with E-state index >= 15 is 0 Å². The van der Waals surface area contributed by atoms with Crippen molar-refractivity contribution in [2.24, 2.45) is 5.73 Å². The second-order valence-electron chi connectivity index (χ2n) is 2.76. The molecule has 0 amide bonds. The van der Waals surface area contributed by atoms with E-state index in [0.717, 1.165) is 0 Å². The second-order valence-corrected chi connectivity index (χ2v) is 4.53. The maximum absolute atomic E-state index is 11.4. The van der Waals surface area contributed by atoms with E-state index in [9.17, 15) is 8.42 Å². The molecule has 1 rings (SSSR count). The highest BCUT2D eigenvalue weighted by atomic mass is 32.2. The molecule has 4 N–H and O–H groups in total. The minimum Gasteiger partial charge on any atom is -0.327 e. The maximum atomic E-state index is 11.4. The molecule has 0 aliphatic heterocycles. The van der Waals surface area contributed by atoms with E-state index in [-0.39, 0.29) is 17.5 Å². The van der Waals surface area contributed by atoms with Crippen LogP contribution in [0.4, 0.5) is 0 Å². The van der Waals surface area contributed by atoms with Gasteiger partial charge in [-0.15, -0.1) is 0 Å². The predicted octanol–water partition coefficient (Wildman–Crippen LogP) is -0.965. The average Bonchev–Trinajstić information content (AvgIpc) is 2.53. The number of H-pyrrole nitrogens is 1. The lowest BCUT2D eigenvalue weighted by molar-refractivity contribution is 0.574. The minimum absolute atomic E-state index is 0.119. The Bertz CT molecular complexity index is 343. The second kappa shape index (κ2) is 3.86. The molecule has 0 aromatic carbocycles. The Morgan fingerprint density at radius 2 is 2.46 bits per heavy atom. The van der Waals surface area contributed by atoms with Gasteiger partial charge in [-0.25, -0.2) is 13.1 Å². The summed E-state index contributed by atoms with van der Waals surface area (Å²) in [6.07, 6.45) is 2.55. The van der Waals surface area contributed by atoms with E-state index in [2.05, 4.69) is 14.9 Å². The molecule has 1 aromatic heterocycles. The van der Waals surface area contributed by atoms with Crippen molar-refractivity contribution in [1.82, 2.24) is 14.9 Å². The normalized spacial score (nSPS) is 14.3. The highest BCUT2D eigenvalue weighted by Crippen LogP contribution is 2.03. The first-order chi connectivity index (χ1) is 6.02. The van der Waals surface area contributed by atoms with Crippen LogP contribution >= 0.6 is 0 Å². The van der Waals surface area contributed by atoms with E-state index in [1.165, 1.54) is 12.4 Å². The quantitative estimate of drug-likeness (QED) is 0.587. The predicted molar refractivity (Wildman–Crippen MR) is 47.4 cm³/mol. The zero-order valence-electron chi connectivity index (χ0n) is 7.19. The van der Waals surface area contributed by atoms with Gasteiger partial charge in [-0.05, 0) is 6.92 Å². The summed E-state index contributed by atoms with van der Waals surface area (Å²) in [6, 6.07) is -0.207. The van der Waals surface area contributed by atoms with E-state index < -0.39 is 10.0 Å². The summed E-state index contributed by atoms with van der Waals surface area (Å²) in [6.45, 7) is 1.94. The van der Waals surface area contributed by atoms with E-state index in [1.807, 2.05) is 0 Å². The summed E-state index contributed by atoms with van der Waals surface area (Å²) in [5.41, 5.74) is 5.40. The molecule has 0 radical (unpaired) electrons. The summed E-state index contributed by atoms with van der Waals surface area (Å²) in [7, 11) is -3.44. The molecule has 0 saturated carbocycles. The molecule has 74 valence electrons. The Labute approximate surface area is 76.6 Å². The SMILES string of the molecule is CC(N)CNS(=O)(=O)c1cn[nH]c1. The third kappa shape index (κ3) is 2.79. The van der Waals surface area contributed by atoms with Crippen LogP contribution in [-0.4, -0.2) is 31.2 Å².